The monoisotopic (exact) mass is 205 g/mol. The number of ether oxygens (including phenoxy) is 1. The molecule has 0 saturated carbocycles. The Kier molecular flexibility index (Phi) is 2.68. The second-order valence-electron chi connectivity index (χ2n) is 4.63. The predicted molar refractivity (Wildman–Crippen MR) is 61.6 cm³/mol. The Morgan fingerprint density at radius 2 is 1.93 bits per heavy atom. The molecule has 1 aromatic heterocycles. The van der Waals surface area contributed by atoms with Gasteiger partial charge in [0.05, 0.1) is 12.3 Å². The number of rotatable bonds is 1. The first-order valence-electron chi connectivity index (χ1n) is 5.74. The molecule has 0 atom stereocenters. The highest BCUT2D eigenvalue weighted by Gasteiger charge is 2.19. The Balaban J connectivity index is 2.57. The third kappa shape index (κ3) is 1.73. The maximum atomic E-state index is 5.71. The molecule has 0 radical (unpaired) electrons. The highest BCUT2D eigenvalue weighted by Crippen LogP contribution is 2.32. The van der Waals surface area contributed by atoms with Gasteiger partial charge in [-0.25, -0.2) is 0 Å². The molecule has 2 rings (SSSR count). The van der Waals surface area contributed by atoms with Gasteiger partial charge in [-0.3, -0.25) is 4.98 Å². The Morgan fingerprint density at radius 3 is 2.60 bits per heavy atom. The van der Waals surface area contributed by atoms with Gasteiger partial charge in [-0.15, -0.1) is 0 Å². The van der Waals surface area contributed by atoms with Crippen molar-refractivity contribution in [2.75, 3.05) is 6.61 Å². The smallest absolute Gasteiger partial charge is 0.143 e. The van der Waals surface area contributed by atoms with Crippen LogP contribution in [0.15, 0.2) is 0 Å². The van der Waals surface area contributed by atoms with E-state index in [0.717, 1.165) is 30.9 Å². The molecule has 1 aliphatic rings. The minimum atomic E-state index is 0.496. The van der Waals surface area contributed by atoms with Crippen LogP contribution >= 0.6 is 0 Å². The Morgan fingerprint density at radius 1 is 1.20 bits per heavy atom. The summed E-state index contributed by atoms with van der Waals surface area (Å²) in [5.74, 6) is 1.54. The van der Waals surface area contributed by atoms with E-state index in [2.05, 4.69) is 27.7 Å². The first-order valence-corrected chi connectivity index (χ1v) is 5.74. The van der Waals surface area contributed by atoms with Crippen molar-refractivity contribution in [3.05, 3.63) is 22.5 Å². The first-order chi connectivity index (χ1) is 7.11. The zero-order chi connectivity index (χ0) is 11.0. The largest absolute Gasteiger partial charge is 0.491 e. The van der Waals surface area contributed by atoms with Crippen LogP contribution in [0.3, 0.4) is 0 Å². The van der Waals surface area contributed by atoms with E-state index in [1.165, 1.54) is 16.8 Å². The molecule has 82 valence electrons. The molecular weight excluding hydrogens is 186 g/mol. The summed E-state index contributed by atoms with van der Waals surface area (Å²) < 4.78 is 5.71. The topological polar surface area (TPSA) is 22.1 Å². The number of hydrogen-bond donors (Lipinski definition) is 0. The van der Waals surface area contributed by atoms with Gasteiger partial charge in [-0.2, -0.15) is 0 Å². The molecule has 0 bridgehead atoms. The molecule has 15 heavy (non-hydrogen) atoms. The number of hydrogen-bond acceptors (Lipinski definition) is 2. The van der Waals surface area contributed by atoms with Crippen LogP contribution in [0.4, 0.5) is 0 Å². The molecule has 2 heterocycles. The molecule has 0 amide bonds. The average molecular weight is 205 g/mol. The summed E-state index contributed by atoms with van der Waals surface area (Å²) in [4.78, 5) is 4.75. The Hall–Kier alpha value is -1.05. The van der Waals surface area contributed by atoms with Crippen LogP contribution < -0.4 is 4.74 Å². The lowest BCUT2D eigenvalue weighted by molar-refractivity contribution is 0.282. The van der Waals surface area contributed by atoms with Crippen molar-refractivity contribution in [3.8, 4) is 5.75 Å². The number of nitrogens with zero attached hydrogens (tertiary/aromatic N) is 1. The summed E-state index contributed by atoms with van der Waals surface area (Å²) in [6, 6.07) is 0. The summed E-state index contributed by atoms with van der Waals surface area (Å²) in [6.45, 7) is 9.54. The summed E-state index contributed by atoms with van der Waals surface area (Å²) >= 11 is 0. The molecule has 0 aliphatic carbocycles. The number of pyridine rings is 1. The van der Waals surface area contributed by atoms with Crippen molar-refractivity contribution >= 4 is 0 Å². The van der Waals surface area contributed by atoms with Crippen molar-refractivity contribution in [1.29, 1.82) is 0 Å². The molecule has 2 nitrogen and oxygen atoms in total. The van der Waals surface area contributed by atoms with E-state index < -0.39 is 0 Å². The van der Waals surface area contributed by atoms with Gasteiger partial charge in [0, 0.05) is 5.69 Å². The van der Waals surface area contributed by atoms with Gasteiger partial charge >= 0.3 is 0 Å². The Labute approximate surface area is 91.7 Å². The second kappa shape index (κ2) is 3.84. The van der Waals surface area contributed by atoms with E-state index in [9.17, 15) is 0 Å². The normalized spacial score (nSPS) is 15.0. The molecular formula is C13H19NO. The first kappa shape index (κ1) is 10.5. The van der Waals surface area contributed by atoms with Crippen molar-refractivity contribution in [2.45, 2.75) is 46.5 Å². The predicted octanol–water partition coefficient (Wildman–Crippen LogP) is 3.15. The molecule has 0 N–H and O–H groups in total. The molecule has 0 spiro atoms. The molecule has 0 aromatic carbocycles. The average Bonchev–Trinajstić information content (AvgIpc) is 2.23. The quantitative estimate of drug-likeness (QED) is 0.702. The Bertz CT molecular complexity index is 383. The molecule has 0 fully saturated rings. The van der Waals surface area contributed by atoms with E-state index in [1.54, 1.807) is 0 Å². The van der Waals surface area contributed by atoms with Gasteiger partial charge in [-0.05, 0) is 43.7 Å². The fourth-order valence-electron chi connectivity index (χ4n) is 2.20. The van der Waals surface area contributed by atoms with Gasteiger partial charge in [-0.1, -0.05) is 13.8 Å². The van der Waals surface area contributed by atoms with Crippen LogP contribution in [0.25, 0.3) is 0 Å². The van der Waals surface area contributed by atoms with Crippen LogP contribution in [0.1, 0.15) is 48.7 Å². The second-order valence-corrected chi connectivity index (χ2v) is 4.63. The van der Waals surface area contributed by atoms with Gasteiger partial charge in [0.15, 0.2) is 0 Å². The van der Waals surface area contributed by atoms with Crippen molar-refractivity contribution in [3.63, 3.8) is 0 Å². The minimum Gasteiger partial charge on any atom is -0.491 e. The lowest BCUT2D eigenvalue weighted by Gasteiger charge is -2.22. The van der Waals surface area contributed by atoms with Crippen LogP contribution in [0.2, 0.25) is 0 Å². The zero-order valence-electron chi connectivity index (χ0n) is 10.1. The number of aromatic nitrogens is 1. The van der Waals surface area contributed by atoms with Crippen LogP contribution in [-0.2, 0) is 6.42 Å². The van der Waals surface area contributed by atoms with E-state index >= 15 is 0 Å². The highest BCUT2D eigenvalue weighted by atomic mass is 16.5. The number of fused-ring (bicyclic) bond motifs is 1. The van der Waals surface area contributed by atoms with Crippen molar-refractivity contribution in [2.24, 2.45) is 0 Å². The van der Waals surface area contributed by atoms with E-state index in [4.69, 9.17) is 9.72 Å². The zero-order valence-corrected chi connectivity index (χ0v) is 10.1. The molecule has 2 heteroatoms. The maximum Gasteiger partial charge on any atom is 0.143 e. The van der Waals surface area contributed by atoms with Crippen LogP contribution in [0.5, 0.6) is 5.75 Å². The molecule has 1 aliphatic heterocycles. The van der Waals surface area contributed by atoms with E-state index in [0.29, 0.717) is 5.92 Å². The van der Waals surface area contributed by atoms with Crippen molar-refractivity contribution < 1.29 is 4.74 Å². The molecule has 1 aromatic rings. The SMILES string of the molecule is Cc1c(C(C)C)nc2c(c1C)OCCC2. The van der Waals surface area contributed by atoms with Crippen LogP contribution in [0, 0.1) is 13.8 Å². The van der Waals surface area contributed by atoms with Gasteiger partial charge in [0.1, 0.15) is 5.75 Å². The van der Waals surface area contributed by atoms with Crippen molar-refractivity contribution in [1.82, 2.24) is 4.98 Å². The van der Waals surface area contributed by atoms with Gasteiger partial charge in [0.2, 0.25) is 0 Å². The maximum absolute atomic E-state index is 5.71. The van der Waals surface area contributed by atoms with E-state index in [-0.39, 0.29) is 0 Å². The summed E-state index contributed by atoms with van der Waals surface area (Å²) in [6.07, 6.45) is 2.16. The fraction of sp³-hybridized carbons (Fsp3) is 0.615. The summed E-state index contributed by atoms with van der Waals surface area (Å²) in [5.41, 5.74) is 4.97. The standard InChI is InChI=1S/C13H19NO/c1-8(2)12-9(3)10(4)13-11(14-12)6-5-7-15-13/h8H,5-7H2,1-4H3. The summed E-state index contributed by atoms with van der Waals surface area (Å²) in [7, 11) is 0. The molecule has 0 saturated heterocycles. The fourth-order valence-corrected chi connectivity index (χ4v) is 2.20. The highest BCUT2D eigenvalue weighted by molar-refractivity contribution is 5.45. The molecule has 0 unspecified atom stereocenters. The third-order valence-electron chi connectivity index (χ3n) is 3.16. The van der Waals surface area contributed by atoms with Crippen LogP contribution in [-0.4, -0.2) is 11.6 Å². The minimum absolute atomic E-state index is 0.496. The lowest BCUT2D eigenvalue weighted by atomic mass is 9.97. The van der Waals surface area contributed by atoms with Gasteiger partial charge < -0.3 is 4.74 Å². The number of aryl methyl sites for hydroxylation is 1. The van der Waals surface area contributed by atoms with Gasteiger partial charge in [0.25, 0.3) is 0 Å². The summed E-state index contributed by atoms with van der Waals surface area (Å²) in [5, 5.41) is 0. The lowest BCUT2D eigenvalue weighted by Crippen LogP contribution is -2.14. The third-order valence-corrected chi connectivity index (χ3v) is 3.16. The van der Waals surface area contributed by atoms with E-state index in [1.807, 2.05) is 0 Å².